The Hall–Kier alpha value is -5.93. The number of hydrogen-bond donors (Lipinski definition) is 0. The molecular formula is C49H41N3. The van der Waals surface area contributed by atoms with E-state index in [1.807, 2.05) is 0 Å². The average molecular weight is 672 g/mol. The van der Waals surface area contributed by atoms with Crippen molar-refractivity contribution in [1.29, 1.82) is 0 Å². The molecule has 7 aromatic carbocycles. The highest BCUT2D eigenvalue weighted by Crippen LogP contribution is 2.47. The second-order valence-corrected chi connectivity index (χ2v) is 15.6. The van der Waals surface area contributed by atoms with Crippen LogP contribution >= 0.6 is 0 Å². The fraction of sp³-hybridized carbons (Fsp3) is 0.163. The maximum atomic E-state index is 5.13. The molecule has 8 aromatic rings. The summed E-state index contributed by atoms with van der Waals surface area (Å²) in [6.07, 6.45) is 2.39. The summed E-state index contributed by atoms with van der Waals surface area (Å²) in [4.78, 5) is 15.3. The van der Waals surface area contributed by atoms with Gasteiger partial charge >= 0.3 is 0 Å². The Labute approximate surface area is 306 Å². The van der Waals surface area contributed by atoms with Crippen LogP contribution < -0.4 is 0 Å². The molecule has 0 radical (unpaired) electrons. The quantitative estimate of drug-likeness (QED) is 0.183. The van der Waals surface area contributed by atoms with Crippen molar-refractivity contribution in [2.45, 2.75) is 51.4 Å². The summed E-state index contributed by atoms with van der Waals surface area (Å²) in [6, 6.07) is 54.3. The van der Waals surface area contributed by atoms with E-state index in [4.69, 9.17) is 15.0 Å². The SMILES string of the molecule is CC1(C)CCC(C)(C)c2cc(-c3cccc(-c4nc(-c5ccc(-c6ccc7ccccc7c6)cc5)nc(-c5ccc6ccccc6c5)n4)c3)ccc21. The molecule has 1 aliphatic carbocycles. The topological polar surface area (TPSA) is 38.7 Å². The maximum Gasteiger partial charge on any atom is 0.164 e. The Kier molecular flexibility index (Phi) is 7.62. The molecular weight excluding hydrogens is 631 g/mol. The average Bonchev–Trinajstić information content (AvgIpc) is 3.19. The Morgan fingerprint density at radius 3 is 1.40 bits per heavy atom. The Balaban J connectivity index is 1.14. The highest BCUT2D eigenvalue weighted by atomic mass is 15.0. The molecule has 1 aliphatic rings. The normalized spacial score (nSPS) is 14.7. The molecule has 252 valence electrons. The third-order valence-corrected chi connectivity index (χ3v) is 11.2. The van der Waals surface area contributed by atoms with Crippen LogP contribution in [0.2, 0.25) is 0 Å². The molecule has 0 unspecified atom stereocenters. The van der Waals surface area contributed by atoms with Crippen LogP contribution in [-0.2, 0) is 10.8 Å². The van der Waals surface area contributed by atoms with Crippen molar-refractivity contribution in [1.82, 2.24) is 15.0 Å². The monoisotopic (exact) mass is 671 g/mol. The van der Waals surface area contributed by atoms with E-state index in [0.29, 0.717) is 17.5 Å². The minimum absolute atomic E-state index is 0.139. The lowest BCUT2D eigenvalue weighted by molar-refractivity contribution is 0.332. The second kappa shape index (κ2) is 12.4. The van der Waals surface area contributed by atoms with Gasteiger partial charge in [-0.05, 0) is 96.8 Å². The van der Waals surface area contributed by atoms with Gasteiger partial charge in [0.2, 0.25) is 0 Å². The van der Waals surface area contributed by atoms with Gasteiger partial charge in [0, 0.05) is 16.7 Å². The Bertz CT molecular complexity index is 2630. The van der Waals surface area contributed by atoms with Crippen molar-refractivity contribution in [3.8, 4) is 56.4 Å². The molecule has 0 saturated carbocycles. The van der Waals surface area contributed by atoms with Crippen LogP contribution in [0.1, 0.15) is 51.7 Å². The van der Waals surface area contributed by atoms with Crippen molar-refractivity contribution in [2.75, 3.05) is 0 Å². The molecule has 1 heterocycles. The van der Waals surface area contributed by atoms with Crippen molar-refractivity contribution in [3.63, 3.8) is 0 Å². The van der Waals surface area contributed by atoms with E-state index in [0.717, 1.165) is 33.2 Å². The standard InChI is InChI=1S/C49H41N3/c1-48(2)26-27-49(3,4)44-31-40(24-25-43(44)48)38-14-9-15-41(30-38)46-50-45(51-47(52-46)42-23-19-33-11-6-8-13-37(33)29-42)35-20-16-34(17-21-35)39-22-18-32-10-5-7-12-36(32)28-39/h5-25,28-31H,26-27H2,1-4H3. The zero-order chi connectivity index (χ0) is 35.5. The first-order chi connectivity index (χ1) is 25.2. The number of hydrogen-bond acceptors (Lipinski definition) is 3. The largest absolute Gasteiger partial charge is 0.208 e. The molecule has 0 bridgehead atoms. The number of benzene rings is 7. The zero-order valence-electron chi connectivity index (χ0n) is 30.2. The number of rotatable bonds is 5. The van der Waals surface area contributed by atoms with Crippen LogP contribution in [0, 0.1) is 0 Å². The summed E-state index contributed by atoms with van der Waals surface area (Å²) in [5.74, 6) is 1.97. The predicted octanol–water partition coefficient (Wildman–Crippen LogP) is 12.9. The van der Waals surface area contributed by atoms with Crippen molar-refractivity contribution >= 4 is 21.5 Å². The molecule has 0 amide bonds. The van der Waals surface area contributed by atoms with Crippen molar-refractivity contribution in [3.05, 3.63) is 163 Å². The summed E-state index contributed by atoms with van der Waals surface area (Å²) in [6.45, 7) is 9.53. The first-order valence-electron chi connectivity index (χ1n) is 18.3. The van der Waals surface area contributed by atoms with E-state index in [9.17, 15) is 0 Å². The van der Waals surface area contributed by atoms with Crippen LogP contribution in [-0.4, -0.2) is 15.0 Å². The summed E-state index contributed by atoms with van der Waals surface area (Å²) >= 11 is 0. The third-order valence-electron chi connectivity index (χ3n) is 11.2. The molecule has 52 heavy (non-hydrogen) atoms. The predicted molar refractivity (Wildman–Crippen MR) is 217 cm³/mol. The Morgan fingerprint density at radius 1 is 0.327 bits per heavy atom. The highest BCUT2D eigenvalue weighted by Gasteiger charge is 2.37. The number of aromatic nitrogens is 3. The summed E-state index contributed by atoms with van der Waals surface area (Å²) in [5, 5.41) is 4.82. The van der Waals surface area contributed by atoms with Gasteiger partial charge in [-0.25, -0.2) is 15.0 Å². The van der Waals surface area contributed by atoms with Gasteiger partial charge in [-0.3, -0.25) is 0 Å². The third kappa shape index (κ3) is 5.86. The fourth-order valence-corrected chi connectivity index (χ4v) is 7.88. The van der Waals surface area contributed by atoms with E-state index >= 15 is 0 Å². The molecule has 9 rings (SSSR count). The van der Waals surface area contributed by atoms with Crippen LogP contribution in [0.3, 0.4) is 0 Å². The lowest BCUT2D eigenvalue weighted by atomic mass is 9.63. The van der Waals surface area contributed by atoms with Crippen LogP contribution in [0.5, 0.6) is 0 Å². The highest BCUT2D eigenvalue weighted by molar-refractivity contribution is 5.88. The van der Waals surface area contributed by atoms with E-state index in [-0.39, 0.29) is 10.8 Å². The summed E-state index contributed by atoms with van der Waals surface area (Å²) < 4.78 is 0. The van der Waals surface area contributed by atoms with E-state index < -0.39 is 0 Å². The van der Waals surface area contributed by atoms with Gasteiger partial charge in [0.25, 0.3) is 0 Å². The van der Waals surface area contributed by atoms with E-state index in [1.165, 1.54) is 51.3 Å². The second-order valence-electron chi connectivity index (χ2n) is 15.6. The molecule has 3 heteroatoms. The minimum Gasteiger partial charge on any atom is -0.208 e. The van der Waals surface area contributed by atoms with Gasteiger partial charge in [0.05, 0.1) is 0 Å². The van der Waals surface area contributed by atoms with Crippen LogP contribution in [0.25, 0.3) is 78.0 Å². The molecule has 0 spiro atoms. The first-order valence-corrected chi connectivity index (χ1v) is 18.3. The van der Waals surface area contributed by atoms with E-state index in [2.05, 4.69) is 179 Å². The number of fused-ring (bicyclic) bond motifs is 3. The van der Waals surface area contributed by atoms with Gasteiger partial charge in [0.15, 0.2) is 17.5 Å². The summed E-state index contributed by atoms with van der Waals surface area (Å²) in [7, 11) is 0. The van der Waals surface area contributed by atoms with Gasteiger partial charge in [-0.2, -0.15) is 0 Å². The minimum atomic E-state index is 0.139. The molecule has 1 aromatic heterocycles. The molecule has 0 atom stereocenters. The van der Waals surface area contributed by atoms with Crippen LogP contribution in [0.4, 0.5) is 0 Å². The summed E-state index contributed by atoms with van der Waals surface area (Å²) in [5.41, 5.74) is 10.9. The van der Waals surface area contributed by atoms with Gasteiger partial charge in [0.1, 0.15) is 0 Å². The molecule has 0 fully saturated rings. The maximum absolute atomic E-state index is 5.13. The van der Waals surface area contributed by atoms with Crippen LogP contribution in [0.15, 0.2) is 152 Å². The van der Waals surface area contributed by atoms with Gasteiger partial charge in [-0.1, -0.05) is 161 Å². The van der Waals surface area contributed by atoms with Gasteiger partial charge < -0.3 is 0 Å². The lowest BCUT2D eigenvalue weighted by Gasteiger charge is -2.42. The van der Waals surface area contributed by atoms with Crippen molar-refractivity contribution < 1.29 is 0 Å². The van der Waals surface area contributed by atoms with Crippen molar-refractivity contribution in [2.24, 2.45) is 0 Å². The lowest BCUT2D eigenvalue weighted by Crippen LogP contribution is -2.33. The first kappa shape index (κ1) is 32.0. The smallest absolute Gasteiger partial charge is 0.164 e. The molecule has 3 nitrogen and oxygen atoms in total. The number of nitrogens with zero attached hydrogens (tertiary/aromatic N) is 3. The Morgan fingerprint density at radius 2 is 0.750 bits per heavy atom. The molecule has 0 N–H and O–H groups in total. The van der Waals surface area contributed by atoms with E-state index in [1.54, 1.807) is 0 Å². The zero-order valence-corrected chi connectivity index (χ0v) is 30.2. The molecule has 0 saturated heterocycles. The fourth-order valence-electron chi connectivity index (χ4n) is 7.88. The van der Waals surface area contributed by atoms with Gasteiger partial charge in [-0.15, -0.1) is 0 Å². The molecule has 0 aliphatic heterocycles.